The highest BCUT2D eigenvalue weighted by molar-refractivity contribution is 5.67. The van der Waals surface area contributed by atoms with E-state index in [0.29, 0.717) is 22.8 Å². The lowest BCUT2D eigenvalue weighted by atomic mass is 10.0. The van der Waals surface area contributed by atoms with Crippen molar-refractivity contribution < 1.29 is 13.5 Å². The SMILES string of the molecule is C=C(NCc1cc(F)cc(F)c1)c1cccc(Oc2ccnc(C(/C=C\C)NC)c2)c1C. The molecule has 166 valence electrons. The first-order valence-electron chi connectivity index (χ1n) is 10.3. The van der Waals surface area contributed by atoms with Crippen molar-refractivity contribution in [3.63, 3.8) is 0 Å². The van der Waals surface area contributed by atoms with Gasteiger partial charge in [-0.3, -0.25) is 4.98 Å². The van der Waals surface area contributed by atoms with Crippen LogP contribution in [0.15, 0.2) is 73.5 Å². The summed E-state index contributed by atoms with van der Waals surface area (Å²) < 4.78 is 33.0. The molecule has 1 aromatic heterocycles. The van der Waals surface area contributed by atoms with E-state index in [1.807, 2.05) is 63.4 Å². The minimum Gasteiger partial charge on any atom is -0.457 e. The lowest BCUT2D eigenvalue weighted by Crippen LogP contribution is -2.15. The zero-order valence-corrected chi connectivity index (χ0v) is 18.5. The van der Waals surface area contributed by atoms with E-state index < -0.39 is 11.6 Å². The number of aromatic nitrogens is 1. The van der Waals surface area contributed by atoms with Crippen molar-refractivity contribution in [2.45, 2.75) is 26.4 Å². The van der Waals surface area contributed by atoms with Crippen molar-refractivity contribution >= 4 is 5.70 Å². The number of benzene rings is 2. The number of nitrogens with one attached hydrogen (secondary N) is 2. The number of pyridine rings is 1. The van der Waals surface area contributed by atoms with Crippen LogP contribution in [0.5, 0.6) is 11.5 Å². The molecule has 2 aromatic carbocycles. The van der Waals surface area contributed by atoms with Gasteiger partial charge in [0.15, 0.2) is 0 Å². The fourth-order valence-electron chi connectivity index (χ4n) is 3.39. The van der Waals surface area contributed by atoms with Crippen LogP contribution < -0.4 is 15.4 Å². The molecule has 3 rings (SSSR count). The Kier molecular flexibility index (Phi) is 7.73. The van der Waals surface area contributed by atoms with Crippen LogP contribution in [0, 0.1) is 18.6 Å². The molecule has 32 heavy (non-hydrogen) atoms. The molecule has 0 saturated carbocycles. The zero-order chi connectivity index (χ0) is 23.1. The Morgan fingerprint density at radius 1 is 1.16 bits per heavy atom. The van der Waals surface area contributed by atoms with Crippen molar-refractivity contribution in [2.24, 2.45) is 0 Å². The highest BCUT2D eigenvalue weighted by atomic mass is 19.1. The van der Waals surface area contributed by atoms with Gasteiger partial charge in [0.2, 0.25) is 0 Å². The first-order valence-corrected chi connectivity index (χ1v) is 10.3. The summed E-state index contributed by atoms with van der Waals surface area (Å²) in [5.74, 6) is 0.150. The lowest BCUT2D eigenvalue weighted by molar-refractivity contribution is 0.476. The summed E-state index contributed by atoms with van der Waals surface area (Å²) in [5, 5.41) is 6.35. The van der Waals surface area contributed by atoms with Gasteiger partial charge in [-0.1, -0.05) is 30.9 Å². The predicted octanol–water partition coefficient (Wildman–Crippen LogP) is 6.06. The molecular formula is C26H27F2N3O. The van der Waals surface area contributed by atoms with E-state index in [1.165, 1.54) is 12.1 Å². The van der Waals surface area contributed by atoms with E-state index in [1.54, 1.807) is 6.20 Å². The number of nitrogens with zero attached hydrogens (tertiary/aromatic N) is 1. The van der Waals surface area contributed by atoms with Crippen LogP contribution in [-0.4, -0.2) is 12.0 Å². The number of hydrogen-bond donors (Lipinski definition) is 2. The Labute approximate surface area is 187 Å². The lowest BCUT2D eigenvalue weighted by Gasteiger charge is -2.17. The van der Waals surface area contributed by atoms with Gasteiger partial charge in [0, 0.05) is 41.7 Å². The van der Waals surface area contributed by atoms with E-state index >= 15 is 0 Å². The minimum absolute atomic E-state index is 0.00683. The Bertz CT molecular complexity index is 1110. The van der Waals surface area contributed by atoms with Gasteiger partial charge < -0.3 is 15.4 Å². The van der Waals surface area contributed by atoms with Crippen LogP contribution >= 0.6 is 0 Å². The largest absolute Gasteiger partial charge is 0.457 e. The average molecular weight is 436 g/mol. The number of ether oxygens (including phenoxy) is 1. The topological polar surface area (TPSA) is 46.2 Å². The normalized spacial score (nSPS) is 12.0. The van der Waals surface area contributed by atoms with Gasteiger partial charge in [-0.15, -0.1) is 0 Å². The molecule has 0 radical (unpaired) electrons. The number of hydrogen-bond acceptors (Lipinski definition) is 4. The summed E-state index contributed by atoms with van der Waals surface area (Å²) in [7, 11) is 1.88. The quantitative estimate of drug-likeness (QED) is 0.401. The molecule has 0 bridgehead atoms. The Hall–Kier alpha value is -3.51. The summed E-state index contributed by atoms with van der Waals surface area (Å²) >= 11 is 0. The molecule has 1 atom stereocenters. The monoisotopic (exact) mass is 435 g/mol. The van der Waals surface area contributed by atoms with Gasteiger partial charge in [0.1, 0.15) is 23.1 Å². The van der Waals surface area contributed by atoms with Crippen LogP contribution in [0.1, 0.15) is 35.3 Å². The maximum Gasteiger partial charge on any atom is 0.131 e. The summed E-state index contributed by atoms with van der Waals surface area (Å²) in [6.45, 7) is 8.24. The molecule has 3 aromatic rings. The van der Waals surface area contributed by atoms with Crippen molar-refractivity contribution in [3.8, 4) is 11.5 Å². The summed E-state index contributed by atoms with van der Waals surface area (Å²) in [4.78, 5) is 4.43. The summed E-state index contributed by atoms with van der Waals surface area (Å²) in [6.07, 6.45) is 5.72. The highest BCUT2D eigenvalue weighted by Gasteiger charge is 2.12. The molecule has 0 spiro atoms. The van der Waals surface area contributed by atoms with Gasteiger partial charge in [-0.05, 0) is 50.7 Å². The third-order valence-corrected chi connectivity index (χ3v) is 5.03. The average Bonchev–Trinajstić information content (AvgIpc) is 2.77. The van der Waals surface area contributed by atoms with Crippen LogP contribution in [0.4, 0.5) is 8.78 Å². The van der Waals surface area contributed by atoms with Crippen molar-refractivity contribution in [1.29, 1.82) is 0 Å². The second-order valence-electron chi connectivity index (χ2n) is 7.35. The molecule has 1 heterocycles. The summed E-state index contributed by atoms with van der Waals surface area (Å²) in [5.41, 5.74) is 3.74. The number of allylic oxidation sites excluding steroid dienone is 1. The molecular weight excluding hydrogens is 408 g/mol. The fraction of sp³-hybridized carbons (Fsp3) is 0.192. The molecule has 2 N–H and O–H groups in total. The molecule has 0 aliphatic carbocycles. The second-order valence-corrected chi connectivity index (χ2v) is 7.35. The fourth-order valence-corrected chi connectivity index (χ4v) is 3.39. The van der Waals surface area contributed by atoms with Crippen LogP contribution in [0.3, 0.4) is 0 Å². The molecule has 4 nitrogen and oxygen atoms in total. The van der Waals surface area contributed by atoms with Gasteiger partial charge in [-0.25, -0.2) is 8.78 Å². The third-order valence-electron chi connectivity index (χ3n) is 5.03. The summed E-state index contributed by atoms with van der Waals surface area (Å²) in [6, 6.07) is 12.8. The van der Waals surface area contributed by atoms with E-state index in [2.05, 4.69) is 22.2 Å². The second kappa shape index (κ2) is 10.7. The standard InChI is InChI=1S/C26H27F2N3O/c1-5-7-24(29-4)25-15-22(10-11-30-25)32-26-9-6-8-23(17(26)2)18(3)31-16-19-12-20(27)14-21(28)13-19/h5-15,24,29,31H,3,16H2,1-2,4H3/b7-5-. The maximum atomic E-state index is 13.4. The van der Waals surface area contributed by atoms with E-state index in [-0.39, 0.29) is 12.6 Å². The first kappa shape index (κ1) is 23.2. The molecule has 0 aliphatic heterocycles. The number of halogens is 2. The van der Waals surface area contributed by atoms with Crippen molar-refractivity contribution in [1.82, 2.24) is 15.6 Å². The van der Waals surface area contributed by atoms with Gasteiger partial charge in [0.25, 0.3) is 0 Å². The molecule has 0 saturated heterocycles. The van der Waals surface area contributed by atoms with Crippen LogP contribution in [0.25, 0.3) is 5.70 Å². The molecule has 0 amide bonds. The molecule has 0 fully saturated rings. The molecule has 6 heteroatoms. The molecule has 1 unspecified atom stereocenters. The van der Waals surface area contributed by atoms with Crippen LogP contribution in [-0.2, 0) is 6.54 Å². The van der Waals surface area contributed by atoms with Gasteiger partial charge >= 0.3 is 0 Å². The zero-order valence-electron chi connectivity index (χ0n) is 18.5. The van der Waals surface area contributed by atoms with Gasteiger partial charge in [0.05, 0.1) is 11.7 Å². The third kappa shape index (κ3) is 5.80. The number of rotatable bonds is 9. The predicted molar refractivity (Wildman–Crippen MR) is 124 cm³/mol. The van der Waals surface area contributed by atoms with Gasteiger partial charge in [-0.2, -0.15) is 0 Å². The van der Waals surface area contributed by atoms with Crippen molar-refractivity contribution in [3.05, 3.63) is 107 Å². The highest BCUT2D eigenvalue weighted by Crippen LogP contribution is 2.30. The van der Waals surface area contributed by atoms with Crippen LogP contribution in [0.2, 0.25) is 0 Å². The van der Waals surface area contributed by atoms with E-state index in [4.69, 9.17) is 4.74 Å². The maximum absolute atomic E-state index is 13.4. The van der Waals surface area contributed by atoms with Crippen molar-refractivity contribution in [2.75, 3.05) is 7.05 Å². The smallest absolute Gasteiger partial charge is 0.131 e. The molecule has 0 aliphatic rings. The Morgan fingerprint density at radius 3 is 2.59 bits per heavy atom. The Morgan fingerprint density at radius 2 is 1.91 bits per heavy atom. The minimum atomic E-state index is -0.606. The van der Waals surface area contributed by atoms with E-state index in [9.17, 15) is 8.78 Å². The van der Waals surface area contributed by atoms with E-state index in [0.717, 1.165) is 22.9 Å². The first-order chi connectivity index (χ1) is 15.4. The Balaban J connectivity index is 1.76. The number of likely N-dealkylation sites (N-methyl/N-ethyl adjacent to an activating group) is 1.